The van der Waals surface area contributed by atoms with Crippen molar-refractivity contribution in [3.8, 4) is 6.07 Å². The molecule has 0 heterocycles. The minimum atomic E-state index is 0.0262. The molecule has 15 heavy (non-hydrogen) atoms. The summed E-state index contributed by atoms with van der Waals surface area (Å²) in [5.41, 5.74) is 0. The molecule has 1 saturated carbocycles. The first-order valence-corrected chi connectivity index (χ1v) is 6.00. The zero-order chi connectivity index (χ0) is 10.9. The number of ether oxygens (including phenoxy) is 1. The zero-order valence-corrected chi connectivity index (χ0v) is 9.67. The first-order chi connectivity index (χ1) is 7.38. The zero-order valence-electron chi connectivity index (χ0n) is 9.67. The number of methoxy groups -OCH3 is 1. The van der Waals surface area contributed by atoms with Gasteiger partial charge in [0, 0.05) is 13.7 Å². The van der Waals surface area contributed by atoms with E-state index in [1.165, 1.54) is 38.5 Å². The van der Waals surface area contributed by atoms with Gasteiger partial charge in [-0.2, -0.15) is 5.26 Å². The lowest BCUT2D eigenvalue weighted by molar-refractivity contribution is 0.193. The Hall–Kier alpha value is -0.590. The van der Waals surface area contributed by atoms with Crippen molar-refractivity contribution in [1.29, 1.82) is 5.26 Å². The summed E-state index contributed by atoms with van der Waals surface area (Å²) in [5.74, 6) is 0.550. The Kier molecular flexibility index (Phi) is 6.38. The molecule has 1 atom stereocenters. The molecule has 1 rings (SSSR count). The van der Waals surface area contributed by atoms with Gasteiger partial charge in [-0.15, -0.1) is 0 Å². The van der Waals surface area contributed by atoms with Crippen molar-refractivity contribution in [3.63, 3.8) is 0 Å². The van der Waals surface area contributed by atoms with Gasteiger partial charge in [0.05, 0.1) is 18.7 Å². The van der Waals surface area contributed by atoms with Crippen molar-refractivity contribution in [2.24, 2.45) is 5.92 Å². The van der Waals surface area contributed by atoms with E-state index >= 15 is 0 Å². The number of nitrogens with zero attached hydrogens (tertiary/aromatic N) is 1. The molecule has 0 spiro atoms. The second kappa shape index (κ2) is 7.67. The minimum Gasteiger partial charge on any atom is -0.383 e. The van der Waals surface area contributed by atoms with E-state index < -0.39 is 0 Å². The van der Waals surface area contributed by atoms with Gasteiger partial charge in [0.1, 0.15) is 0 Å². The lowest BCUT2D eigenvalue weighted by Crippen LogP contribution is -2.36. The maximum absolute atomic E-state index is 9.12. The molecule has 1 fully saturated rings. The van der Waals surface area contributed by atoms with Gasteiger partial charge >= 0.3 is 0 Å². The van der Waals surface area contributed by atoms with E-state index in [-0.39, 0.29) is 6.04 Å². The van der Waals surface area contributed by atoms with Crippen molar-refractivity contribution in [2.75, 3.05) is 20.3 Å². The van der Waals surface area contributed by atoms with E-state index in [2.05, 4.69) is 11.4 Å². The number of rotatable bonds is 5. The number of nitriles is 1. The van der Waals surface area contributed by atoms with Crippen LogP contribution in [0.1, 0.15) is 38.5 Å². The lowest BCUT2D eigenvalue weighted by atomic mass is 9.93. The van der Waals surface area contributed by atoms with Crippen LogP contribution in [-0.4, -0.2) is 26.3 Å². The van der Waals surface area contributed by atoms with Crippen LogP contribution in [0.3, 0.4) is 0 Å². The van der Waals surface area contributed by atoms with Crippen LogP contribution in [-0.2, 0) is 4.74 Å². The summed E-state index contributed by atoms with van der Waals surface area (Å²) in [7, 11) is 1.69. The molecule has 1 aliphatic rings. The quantitative estimate of drug-likeness (QED) is 0.558. The van der Waals surface area contributed by atoms with Crippen molar-refractivity contribution in [2.45, 2.75) is 44.6 Å². The highest BCUT2D eigenvalue weighted by molar-refractivity contribution is 4.95. The molecule has 0 aromatic carbocycles. The van der Waals surface area contributed by atoms with Crippen LogP contribution in [0.2, 0.25) is 0 Å². The SMILES string of the molecule is COCCNC(C#N)C1CCCCCC1. The van der Waals surface area contributed by atoms with Crippen molar-refractivity contribution in [3.05, 3.63) is 0 Å². The molecule has 86 valence electrons. The molecule has 1 aliphatic carbocycles. The van der Waals surface area contributed by atoms with Gasteiger partial charge in [0.25, 0.3) is 0 Å². The maximum atomic E-state index is 9.12. The molecule has 3 heteroatoms. The lowest BCUT2D eigenvalue weighted by Gasteiger charge is -2.21. The minimum absolute atomic E-state index is 0.0262. The fraction of sp³-hybridized carbons (Fsp3) is 0.917. The number of hydrogen-bond donors (Lipinski definition) is 1. The summed E-state index contributed by atoms with van der Waals surface area (Å²) < 4.78 is 4.98. The molecular formula is C12H22N2O. The summed E-state index contributed by atoms with van der Waals surface area (Å²) in [6.07, 6.45) is 7.67. The third kappa shape index (κ3) is 4.63. The van der Waals surface area contributed by atoms with Crippen LogP contribution in [0.5, 0.6) is 0 Å². The van der Waals surface area contributed by atoms with Crippen molar-refractivity contribution in [1.82, 2.24) is 5.32 Å². The topological polar surface area (TPSA) is 45.0 Å². The number of nitrogens with one attached hydrogen (secondary N) is 1. The second-order valence-corrected chi connectivity index (χ2v) is 4.31. The van der Waals surface area contributed by atoms with Crippen LogP contribution >= 0.6 is 0 Å². The summed E-state index contributed by atoms with van der Waals surface area (Å²) in [4.78, 5) is 0. The number of hydrogen-bond acceptors (Lipinski definition) is 3. The maximum Gasteiger partial charge on any atom is 0.0982 e. The fourth-order valence-electron chi connectivity index (χ4n) is 2.28. The summed E-state index contributed by atoms with van der Waals surface area (Å²) in [5, 5.41) is 12.4. The summed E-state index contributed by atoms with van der Waals surface area (Å²) in [6, 6.07) is 2.42. The molecular weight excluding hydrogens is 188 g/mol. The molecule has 0 amide bonds. The van der Waals surface area contributed by atoms with Crippen LogP contribution in [0.4, 0.5) is 0 Å². The van der Waals surface area contributed by atoms with E-state index in [1.807, 2.05) is 0 Å². The standard InChI is InChI=1S/C12H22N2O/c1-15-9-8-14-12(10-13)11-6-4-2-3-5-7-11/h11-12,14H,2-9H2,1H3. The van der Waals surface area contributed by atoms with Gasteiger partial charge in [-0.05, 0) is 18.8 Å². The predicted molar refractivity (Wildman–Crippen MR) is 60.5 cm³/mol. The highest BCUT2D eigenvalue weighted by Gasteiger charge is 2.21. The highest BCUT2D eigenvalue weighted by Crippen LogP contribution is 2.25. The first-order valence-electron chi connectivity index (χ1n) is 6.00. The molecule has 0 aromatic heterocycles. The van der Waals surface area contributed by atoms with Gasteiger partial charge in [0.2, 0.25) is 0 Å². The highest BCUT2D eigenvalue weighted by atomic mass is 16.5. The van der Waals surface area contributed by atoms with Crippen LogP contribution in [0.25, 0.3) is 0 Å². The molecule has 0 aromatic rings. The Bertz CT molecular complexity index is 192. The summed E-state index contributed by atoms with van der Waals surface area (Å²) >= 11 is 0. The normalized spacial score (nSPS) is 20.5. The Morgan fingerprint density at radius 2 is 2.00 bits per heavy atom. The van der Waals surface area contributed by atoms with Crippen LogP contribution in [0.15, 0.2) is 0 Å². The Morgan fingerprint density at radius 3 is 2.53 bits per heavy atom. The summed E-state index contributed by atoms with van der Waals surface area (Å²) in [6.45, 7) is 1.47. The van der Waals surface area contributed by atoms with Crippen molar-refractivity contribution < 1.29 is 4.74 Å². The molecule has 0 saturated heterocycles. The van der Waals surface area contributed by atoms with Crippen LogP contribution < -0.4 is 5.32 Å². The second-order valence-electron chi connectivity index (χ2n) is 4.31. The smallest absolute Gasteiger partial charge is 0.0982 e. The Labute approximate surface area is 92.8 Å². The average Bonchev–Trinajstić information content (AvgIpc) is 2.53. The van der Waals surface area contributed by atoms with E-state index in [4.69, 9.17) is 10.00 Å². The first kappa shape index (κ1) is 12.5. The Balaban J connectivity index is 2.31. The third-order valence-corrected chi connectivity index (χ3v) is 3.18. The third-order valence-electron chi connectivity index (χ3n) is 3.18. The van der Waals surface area contributed by atoms with E-state index in [9.17, 15) is 0 Å². The Morgan fingerprint density at radius 1 is 1.33 bits per heavy atom. The van der Waals surface area contributed by atoms with Gasteiger partial charge < -0.3 is 4.74 Å². The molecule has 0 aliphatic heterocycles. The van der Waals surface area contributed by atoms with E-state index in [0.717, 1.165) is 6.54 Å². The molecule has 1 unspecified atom stereocenters. The van der Waals surface area contributed by atoms with Crippen molar-refractivity contribution >= 4 is 0 Å². The van der Waals surface area contributed by atoms with Gasteiger partial charge in [-0.25, -0.2) is 0 Å². The van der Waals surface area contributed by atoms with Gasteiger partial charge in [-0.3, -0.25) is 5.32 Å². The van der Waals surface area contributed by atoms with E-state index in [1.54, 1.807) is 7.11 Å². The van der Waals surface area contributed by atoms with Gasteiger partial charge in [-0.1, -0.05) is 25.7 Å². The van der Waals surface area contributed by atoms with Crippen LogP contribution in [0, 0.1) is 17.2 Å². The van der Waals surface area contributed by atoms with Gasteiger partial charge in [0.15, 0.2) is 0 Å². The van der Waals surface area contributed by atoms with E-state index in [0.29, 0.717) is 12.5 Å². The predicted octanol–water partition coefficient (Wildman–Crippen LogP) is 2.08. The molecule has 0 bridgehead atoms. The molecule has 0 radical (unpaired) electrons. The average molecular weight is 210 g/mol. The molecule has 3 nitrogen and oxygen atoms in total. The molecule has 1 N–H and O–H groups in total. The largest absolute Gasteiger partial charge is 0.383 e. The monoisotopic (exact) mass is 210 g/mol. The fourth-order valence-corrected chi connectivity index (χ4v) is 2.28.